The Labute approximate surface area is 87.8 Å². The molecule has 0 aromatic heterocycles. The van der Waals surface area contributed by atoms with Crippen LogP contribution in [0, 0.1) is 11.8 Å². The SMILES string of the molecule is CC1CN(C(CN)C2CCCCC2)C1. The molecule has 2 rings (SSSR count). The Kier molecular flexibility index (Phi) is 3.45. The first-order valence-corrected chi connectivity index (χ1v) is 6.25. The maximum Gasteiger partial charge on any atom is 0.0246 e. The largest absolute Gasteiger partial charge is 0.329 e. The van der Waals surface area contributed by atoms with E-state index < -0.39 is 0 Å². The Hall–Kier alpha value is -0.0800. The number of rotatable bonds is 3. The monoisotopic (exact) mass is 196 g/mol. The summed E-state index contributed by atoms with van der Waals surface area (Å²) in [5.74, 6) is 1.81. The fourth-order valence-corrected chi connectivity index (χ4v) is 3.18. The maximum atomic E-state index is 5.92. The second kappa shape index (κ2) is 4.63. The third-order valence-corrected chi connectivity index (χ3v) is 4.00. The lowest BCUT2D eigenvalue weighted by Crippen LogP contribution is -2.56. The first kappa shape index (κ1) is 10.4. The van der Waals surface area contributed by atoms with E-state index >= 15 is 0 Å². The molecule has 1 saturated carbocycles. The third-order valence-electron chi connectivity index (χ3n) is 4.00. The molecule has 2 N–H and O–H groups in total. The molecule has 0 aromatic rings. The molecule has 2 fully saturated rings. The van der Waals surface area contributed by atoms with Crippen LogP contribution in [0.3, 0.4) is 0 Å². The Morgan fingerprint density at radius 2 is 1.86 bits per heavy atom. The van der Waals surface area contributed by atoms with Gasteiger partial charge in [0.1, 0.15) is 0 Å². The van der Waals surface area contributed by atoms with E-state index in [-0.39, 0.29) is 0 Å². The van der Waals surface area contributed by atoms with Crippen LogP contribution in [0.25, 0.3) is 0 Å². The van der Waals surface area contributed by atoms with Gasteiger partial charge in [-0.25, -0.2) is 0 Å². The van der Waals surface area contributed by atoms with Gasteiger partial charge in [-0.3, -0.25) is 4.90 Å². The second-order valence-electron chi connectivity index (χ2n) is 5.26. The average Bonchev–Trinajstić information content (AvgIpc) is 2.18. The molecule has 0 spiro atoms. The van der Waals surface area contributed by atoms with Gasteiger partial charge in [0, 0.05) is 25.7 Å². The smallest absolute Gasteiger partial charge is 0.0246 e. The maximum absolute atomic E-state index is 5.92. The molecule has 0 amide bonds. The Balaban J connectivity index is 1.85. The highest BCUT2D eigenvalue weighted by Crippen LogP contribution is 2.31. The first-order chi connectivity index (χ1) is 6.81. The van der Waals surface area contributed by atoms with E-state index in [1.54, 1.807) is 0 Å². The highest BCUT2D eigenvalue weighted by Gasteiger charge is 2.33. The molecule has 82 valence electrons. The molecule has 2 aliphatic rings. The molecule has 0 bridgehead atoms. The lowest BCUT2D eigenvalue weighted by molar-refractivity contribution is 0.0269. The summed E-state index contributed by atoms with van der Waals surface area (Å²) in [4.78, 5) is 2.61. The van der Waals surface area contributed by atoms with E-state index in [2.05, 4.69) is 11.8 Å². The van der Waals surface area contributed by atoms with Gasteiger partial charge in [0.2, 0.25) is 0 Å². The van der Waals surface area contributed by atoms with Gasteiger partial charge in [-0.05, 0) is 24.7 Å². The van der Waals surface area contributed by atoms with E-state index in [0.717, 1.165) is 18.4 Å². The minimum atomic E-state index is 0.700. The summed E-state index contributed by atoms with van der Waals surface area (Å²) in [6.07, 6.45) is 7.17. The Morgan fingerprint density at radius 1 is 1.21 bits per heavy atom. The van der Waals surface area contributed by atoms with Crippen molar-refractivity contribution in [3.63, 3.8) is 0 Å². The van der Waals surface area contributed by atoms with Crippen molar-refractivity contribution in [3.05, 3.63) is 0 Å². The van der Waals surface area contributed by atoms with Crippen LogP contribution < -0.4 is 5.73 Å². The van der Waals surface area contributed by atoms with Crippen molar-refractivity contribution in [2.24, 2.45) is 17.6 Å². The van der Waals surface area contributed by atoms with Gasteiger partial charge in [-0.1, -0.05) is 26.2 Å². The molecular formula is C12H24N2. The highest BCUT2D eigenvalue weighted by atomic mass is 15.2. The molecule has 0 radical (unpaired) electrons. The van der Waals surface area contributed by atoms with Crippen LogP contribution in [-0.4, -0.2) is 30.6 Å². The van der Waals surface area contributed by atoms with Crippen molar-refractivity contribution in [3.8, 4) is 0 Å². The van der Waals surface area contributed by atoms with Crippen LogP contribution in [0.15, 0.2) is 0 Å². The van der Waals surface area contributed by atoms with Gasteiger partial charge in [-0.15, -0.1) is 0 Å². The van der Waals surface area contributed by atoms with Gasteiger partial charge in [0.05, 0.1) is 0 Å². The summed E-state index contributed by atoms with van der Waals surface area (Å²) in [6, 6.07) is 0.700. The third kappa shape index (κ3) is 2.12. The molecule has 1 atom stereocenters. The zero-order chi connectivity index (χ0) is 9.97. The van der Waals surface area contributed by atoms with E-state index in [1.165, 1.54) is 45.2 Å². The molecule has 1 unspecified atom stereocenters. The van der Waals surface area contributed by atoms with Crippen LogP contribution >= 0.6 is 0 Å². The summed E-state index contributed by atoms with van der Waals surface area (Å²) >= 11 is 0. The van der Waals surface area contributed by atoms with Gasteiger partial charge in [-0.2, -0.15) is 0 Å². The van der Waals surface area contributed by atoms with Crippen molar-refractivity contribution in [2.45, 2.75) is 45.1 Å². The zero-order valence-corrected chi connectivity index (χ0v) is 9.41. The number of nitrogens with zero attached hydrogens (tertiary/aromatic N) is 1. The molecule has 2 heteroatoms. The van der Waals surface area contributed by atoms with E-state index in [9.17, 15) is 0 Å². The van der Waals surface area contributed by atoms with Crippen LogP contribution in [0.5, 0.6) is 0 Å². The lowest BCUT2D eigenvalue weighted by Gasteiger charge is -2.46. The normalized spacial score (nSPS) is 28.7. The lowest BCUT2D eigenvalue weighted by atomic mass is 9.81. The van der Waals surface area contributed by atoms with Gasteiger partial charge < -0.3 is 5.73 Å². The van der Waals surface area contributed by atoms with Crippen molar-refractivity contribution in [1.82, 2.24) is 4.90 Å². The molecule has 1 heterocycles. The molecule has 14 heavy (non-hydrogen) atoms. The fourth-order valence-electron chi connectivity index (χ4n) is 3.18. The summed E-state index contributed by atoms with van der Waals surface area (Å²) in [6.45, 7) is 5.79. The summed E-state index contributed by atoms with van der Waals surface area (Å²) in [5, 5.41) is 0. The summed E-state index contributed by atoms with van der Waals surface area (Å²) < 4.78 is 0. The van der Waals surface area contributed by atoms with E-state index in [4.69, 9.17) is 5.73 Å². The minimum absolute atomic E-state index is 0.700. The van der Waals surface area contributed by atoms with Crippen LogP contribution in [0.2, 0.25) is 0 Å². The highest BCUT2D eigenvalue weighted by molar-refractivity contribution is 4.88. The fraction of sp³-hybridized carbons (Fsp3) is 1.00. The van der Waals surface area contributed by atoms with Crippen LogP contribution in [0.1, 0.15) is 39.0 Å². The molecular weight excluding hydrogens is 172 g/mol. The average molecular weight is 196 g/mol. The van der Waals surface area contributed by atoms with E-state index in [1.807, 2.05) is 0 Å². The molecule has 1 aliphatic carbocycles. The zero-order valence-electron chi connectivity index (χ0n) is 9.41. The number of hydrogen-bond acceptors (Lipinski definition) is 2. The van der Waals surface area contributed by atoms with Crippen molar-refractivity contribution in [2.75, 3.05) is 19.6 Å². The number of hydrogen-bond donors (Lipinski definition) is 1. The Bertz CT molecular complexity index is 169. The quantitative estimate of drug-likeness (QED) is 0.746. The van der Waals surface area contributed by atoms with Gasteiger partial charge in [0.15, 0.2) is 0 Å². The predicted molar refractivity (Wildman–Crippen MR) is 60.2 cm³/mol. The van der Waals surface area contributed by atoms with Crippen LogP contribution in [-0.2, 0) is 0 Å². The Morgan fingerprint density at radius 3 is 2.36 bits per heavy atom. The second-order valence-corrected chi connectivity index (χ2v) is 5.26. The predicted octanol–water partition coefficient (Wildman–Crippen LogP) is 1.85. The summed E-state index contributed by atoms with van der Waals surface area (Å²) in [7, 11) is 0. The number of likely N-dealkylation sites (tertiary alicyclic amines) is 1. The molecule has 1 saturated heterocycles. The van der Waals surface area contributed by atoms with Crippen molar-refractivity contribution in [1.29, 1.82) is 0 Å². The van der Waals surface area contributed by atoms with Crippen molar-refractivity contribution < 1.29 is 0 Å². The number of nitrogens with two attached hydrogens (primary N) is 1. The van der Waals surface area contributed by atoms with Gasteiger partial charge in [0.25, 0.3) is 0 Å². The van der Waals surface area contributed by atoms with Crippen LogP contribution in [0.4, 0.5) is 0 Å². The van der Waals surface area contributed by atoms with Gasteiger partial charge >= 0.3 is 0 Å². The molecule has 2 nitrogen and oxygen atoms in total. The molecule has 0 aromatic carbocycles. The molecule has 1 aliphatic heterocycles. The standard InChI is InChI=1S/C12H24N2/c1-10-8-14(9-10)12(7-13)11-5-3-2-4-6-11/h10-12H,2-9,13H2,1H3. The summed E-state index contributed by atoms with van der Waals surface area (Å²) in [5.41, 5.74) is 5.92. The van der Waals surface area contributed by atoms with Crippen molar-refractivity contribution >= 4 is 0 Å². The topological polar surface area (TPSA) is 29.3 Å². The first-order valence-electron chi connectivity index (χ1n) is 6.25. The minimum Gasteiger partial charge on any atom is -0.329 e. The van der Waals surface area contributed by atoms with E-state index in [0.29, 0.717) is 6.04 Å².